The Morgan fingerprint density at radius 1 is 1.17 bits per heavy atom. The van der Waals surface area contributed by atoms with Crippen LogP contribution >= 0.6 is 0 Å². The minimum Gasteiger partial charge on any atom is -0.374 e. The molecule has 0 spiro atoms. The van der Waals surface area contributed by atoms with Crippen LogP contribution in [0.3, 0.4) is 0 Å². The second-order valence-electron chi connectivity index (χ2n) is 5.20. The lowest BCUT2D eigenvalue weighted by atomic mass is 9.90. The van der Waals surface area contributed by atoms with E-state index in [2.05, 4.69) is 5.32 Å². The monoisotopic (exact) mass is 245 g/mol. The van der Waals surface area contributed by atoms with E-state index in [0.29, 0.717) is 18.6 Å². The van der Waals surface area contributed by atoms with Crippen LogP contribution in [0.4, 0.5) is 11.4 Å². The third-order valence-electron chi connectivity index (χ3n) is 3.97. The highest BCUT2D eigenvalue weighted by Gasteiger charge is 2.32. The van der Waals surface area contributed by atoms with Crippen molar-refractivity contribution in [3.63, 3.8) is 0 Å². The summed E-state index contributed by atoms with van der Waals surface area (Å²) in [5.41, 5.74) is 8.02. The van der Waals surface area contributed by atoms with E-state index in [4.69, 9.17) is 5.73 Å². The minimum absolute atomic E-state index is 0.175. The number of hydrogen-bond donors (Lipinski definition) is 2. The Labute approximate surface area is 107 Å². The van der Waals surface area contributed by atoms with E-state index in [1.807, 2.05) is 29.2 Å². The van der Waals surface area contributed by atoms with Gasteiger partial charge in [0.1, 0.15) is 0 Å². The number of amides is 1. The standard InChI is InChI=1S/C14H19N3O/c15-10-5-7-11(8-6-10)17-13-4-2-1-3-12(13)16-9-14(17)18/h1-4,10-11,16H,5-9,15H2. The summed E-state index contributed by atoms with van der Waals surface area (Å²) in [4.78, 5) is 14.2. The molecule has 1 heterocycles. The van der Waals surface area contributed by atoms with Gasteiger partial charge in [0.05, 0.1) is 17.9 Å². The molecule has 1 aromatic carbocycles. The maximum absolute atomic E-state index is 12.2. The summed E-state index contributed by atoms with van der Waals surface area (Å²) in [6, 6.07) is 8.67. The fraction of sp³-hybridized carbons (Fsp3) is 0.500. The molecule has 1 aliphatic heterocycles. The van der Waals surface area contributed by atoms with Crippen molar-refractivity contribution in [2.45, 2.75) is 37.8 Å². The molecule has 4 heteroatoms. The number of carbonyl (C=O) groups is 1. The third kappa shape index (κ3) is 1.97. The van der Waals surface area contributed by atoms with Gasteiger partial charge >= 0.3 is 0 Å². The van der Waals surface area contributed by atoms with Gasteiger partial charge in [0.2, 0.25) is 5.91 Å². The molecular formula is C14H19N3O. The summed E-state index contributed by atoms with van der Waals surface area (Å²) in [5, 5.41) is 3.17. The van der Waals surface area contributed by atoms with E-state index < -0.39 is 0 Å². The van der Waals surface area contributed by atoms with Gasteiger partial charge in [0, 0.05) is 12.1 Å². The molecule has 0 aromatic heterocycles. The summed E-state index contributed by atoms with van der Waals surface area (Å²) in [7, 11) is 0. The fourth-order valence-corrected chi connectivity index (χ4v) is 2.98. The first-order valence-corrected chi connectivity index (χ1v) is 6.66. The van der Waals surface area contributed by atoms with Gasteiger partial charge in [-0.2, -0.15) is 0 Å². The van der Waals surface area contributed by atoms with Crippen molar-refractivity contribution in [2.24, 2.45) is 5.73 Å². The number of nitrogens with two attached hydrogens (primary N) is 1. The molecule has 18 heavy (non-hydrogen) atoms. The molecule has 0 saturated heterocycles. The van der Waals surface area contributed by atoms with Crippen LogP contribution in [-0.2, 0) is 4.79 Å². The zero-order chi connectivity index (χ0) is 12.5. The number of benzene rings is 1. The topological polar surface area (TPSA) is 58.4 Å². The molecule has 1 aromatic rings. The molecule has 96 valence electrons. The highest BCUT2D eigenvalue weighted by atomic mass is 16.2. The lowest BCUT2D eigenvalue weighted by molar-refractivity contribution is -0.117. The van der Waals surface area contributed by atoms with Gasteiger partial charge in [-0.05, 0) is 37.8 Å². The predicted molar refractivity (Wildman–Crippen MR) is 72.6 cm³/mol. The Morgan fingerprint density at radius 2 is 1.89 bits per heavy atom. The van der Waals surface area contributed by atoms with E-state index in [1.54, 1.807) is 0 Å². The Kier molecular flexibility index (Phi) is 2.96. The lowest BCUT2D eigenvalue weighted by Gasteiger charge is -2.39. The molecule has 1 fully saturated rings. The van der Waals surface area contributed by atoms with Gasteiger partial charge in [0.25, 0.3) is 0 Å². The molecule has 2 aliphatic rings. The number of fused-ring (bicyclic) bond motifs is 1. The van der Waals surface area contributed by atoms with Gasteiger partial charge in [-0.1, -0.05) is 12.1 Å². The maximum Gasteiger partial charge on any atom is 0.246 e. The van der Waals surface area contributed by atoms with Crippen LogP contribution in [0.15, 0.2) is 24.3 Å². The van der Waals surface area contributed by atoms with Crippen LogP contribution in [0.5, 0.6) is 0 Å². The first-order valence-electron chi connectivity index (χ1n) is 6.66. The van der Waals surface area contributed by atoms with Crippen LogP contribution in [0.2, 0.25) is 0 Å². The van der Waals surface area contributed by atoms with Crippen LogP contribution < -0.4 is 16.0 Å². The number of carbonyl (C=O) groups excluding carboxylic acids is 1. The highest BCUT2D eigenvalue weighted by Crippen LogP contribution is 2.34. The number of nitrogens with zero attached hydrogens (tertiary/aromatic N) is 1. The van der Waals surface area contributed by atoms with E-state index in [9.17, 15) is 4.79 Å². The maximum atomic E-state index is 12.2. The largest absolute Gasteiger partial charge is 0.374 e. The fourth-order valence-electron chi connectivity index (χ4n) is 2.98. The second-order valence-corrected chi connectivity index (χ2v) is 5.20. The van der Waals surface area contributed by atoms with Gasteiger partial charge < -0.3 is 16.0 Å². The van der Waals surface area contributed by atoms with E-state index in [0.717, 1.165) is 37.1 Å². The Hall–Kier alpha value is -1.55. The number of para-hydroxylation sites is 2. The molecule has 0 radical (unpaired) electrons. The number of rotatable bonds is 1. The summed E-state index contributed by atoms with van der Waals surface area (Å²) >= 11 is 0. The van der Waals surface area contributed by atoms with Gasteiger partial charge in [-0.3, -0.25) is 4.79 Å². The summed E-state index contributed by atoms with van der Waals surface area (Å²) in [5.74, 6) is 0.175. The zero-order valence-electron chi connectivity index (χ0n) is 10.4. The highest BCUT2D eigenvalue weighted by molar-refractivity contribution is 6.03. The van der Waals surface area contributed by atoms with E-state index >= 15 is 0 Å². The SMILES string of the molecule is NC1CCC(N2C(=O)CNc3ccccc32)CC1. The molecule has 0 unspecified atom stereocenters. The van der Waals surface area contributed by atoms with Crippen molar-refractivity contribution >= 4 is 17.3 Å². The predicted octanol–water partition coefficient (Wildman–Crippen LogP) is 1.71. The molecule has 1 saturated carbocycles. The van der Waals surface area contributed by atoms with E-state index in [1.165, 1.54) is 0 Å². The molecular weight excluding hydrogens is 226 g/mol. The van der Waals surface area contributed by atoms with Gasteiger partial charge in [-0.25, -0.2) is 0 Å². The minimum atomic E-state index is 0.175. The van der Waals surface area contributed by atoms with Crippen molar-refractivity contribution in [3.8, 4) is 0 Å². The molecule has 1 amide bonds. The molecule has 3 N–H and O–H groups in total. The van der Waals surface area contributed by atoms with Gasteiger partial charge in [-0.15, -0.1) is 0 Å². The smallest absolute Gasteiger partial charge is 0.246 e. The average molecular weight is 245 g/mol. The third-order valence-corrected chi connectivity index (χ3v) is 3.97. The van der Waals surface area contributed by atoms with E-state index in [-0.39, 0.29) is 5.91 Å². The first-order chi connectivity index (χ1) is 8.75. The number of hydrogen-bond acceptors (Lipinski definition) is 3. The van der Waals surface area contributed by atoms with Crippen LogP contribution in [0, 0.1) is 0 Å². The molecule has 4 nitrogen and oxygen atoms in total. The molecule has 3 rings (SSSR count). The normalized spacial score (nSPS) is 27.6. The second kappa shape index (κ2) is 4.61. The lowest BCUT2D eigenvalue weighted by Crippen LogP contribution is -2.48. The van der Waals surface area contributed by atoms with Gasteiger partial charge in [0.15, 0.2) is 0 Å². The molecule has 1 aliphatic carbocycles. The molecule has 0 bridgehead atoms. The Balaban J connectivity index is 1.88. The van der Waals surface area contributed by atoms with Crippen LogP contribution in [0.25, 0.3) is 0 Å². The Morgan fingerprint density at radius 3 is 2.67 bits per heavy atom. The summed E-state index contributed by atoms with van der Waals surface area (Å²) in [6.45, 7) is 0.402. The van der Waals surface area contributed by atoms with Crippen molar-refractivity contribution in [1.29, 1.82) is 0 Å². The average Bonchev–Trinajstić information content (AvgIpc) is 2.40. The van der Waals surface area contributed by atoms with Crippen LogP contribution in [-0.4, -0.2) is 24.5 Å². The summed E-state index contributed by atoms with van der Waals surface area (Å²) < 4.78 is 0. The molecule has 0 atom stereocenters. The van der Waals surface area contributed by atoms with Crippen molar-refractivity contribution in [3.05, 3.63) is 24.3 Å². The Bertz CT molecular complexity index is 452. The first kappa shape index (κ1) is 11.5. The number of anilines is 2. The van der Waals surface area contributed by atoms with Crippen molar-refractivity contribution in [2.75, 3.05) is 16.8 Å². The van der Waals surface area contributed by atoms with Crippen LogP contribution in [0.1, 0.15) is 25.7 Å². The number of nitrogens with one attached hydrogen (secondary N) is 1. The van der Waals surface area contributed by atoms with Crippen molar-refractivity contribution in [1.82, 2.24) is 0 Å². The quantitative estimate of drug-likeness (QED) is 0.792. The summed E-state index contributed by atoms with van der Waals surface area (Å²) in [6.07, 6.45) is 4.07. The zero-order valence-corrected chi connectivity index (χ0v) is 10.4. The van der Waals surface area contributed by atoms with Crippen molar-refractivity contribution < 1.29 is 4.79 Å².